The van der Waals surface area contributed by atoms with Gasteiger partial charge in [0.25, 0.3) is 0 Å². The molecule has 7 nitrogen and oxygen atoms in total. The van der Waals surface area contributed by atoms with Gasteiger partial charge < -0.3 is 19.1 Å². The van der Waals surface area contributed by atoms with E-state index in [2.05, 4.69) is 4.52 Å². The molecule has 30 heavy (non-hydrogen) atoms. The fourth-order valence-corrected chi connectivity index (χ4v) is 3.67. The Hall–Kier alpha value is -2.22. The van der Waals surface area contributed by atoms with Crippen LogP contribution >= 0.6 is 19.4 Å². The number of hydrogen-bond donors (Lipinski definition) is 2. The molecule has 0 spiro atoms. The lowest BCUT2D eigenvalue weighted by Gasteiger charge is -2.18. The van der Waals surface area contributed by atoms with Gasteiger partial charge in [0.1, 0.15) is 18.3 Å². The van der Waals surface area contributed by atoms with Crippen LogP contribution in [0, 0.1) is 12.7 Å². The van der Waals surface area contributed by atoms with Crippen molar-refractivity contribution in [3.05, 3.63) is 63.2 Å². The third kappa shape index (κ3) is 4.74. The molecule has 160 valence electrons. The highest BCUT2D eigenvalue weighted by Gasteiger charge is 2.21. The van der Waals surface area contributed by atoms with Gasteiger partial charge >= 0.3 is 7.82 Å². The summed E-state index contributed by atoms with van der Waals surface area (Å²) in [7, 11) is -4.83. The average Bonchev–Trinajstić information content (AvgIpc) is 2.66. The van der Waals surface area contributed by atoms with Crippen LogP contribution < -0.4 is 10.2 Å². The van der Waals surface area contributed by atoms with E-state index in [9.17, 15) is 13.8 Å². The number of phosphoric acid groups is 1. The first kappa shape index (κ1) is 22.5. The van der Waals surface area contributed by atoms with Gasteiger partial charge in [0.05, 0.1) is 17.5 Å². The number of benzene rings is 2. The number of ether oxygens (including phenoxy) is 1. The van der Waals surface area contributed by atoms with E-state index in [1.807, 2.05) is 13.8 Å². The first-order valence-electron chi connectivity index (χ1n) is 9.07. The SMILES string of the molecule is CCCOc1ccc(F)c2c(=O)c(-c3ccc(C)cc3Cl)cn(COP(=O)(O)O)c12. The van der Waals surface area contributed by atoms with Crippen molar-refractivity contribution in [2.24, 2.45) is 0 Å². The zero-order valence-electron chi connectivity index (χ0n) is 16.3. The first-order chi connectivity index (χ1) is 14.1. The molecule has 2 aromatic carbocycles. The number of hydrogen-bond acceptors (Lipinski definition) is 4. The van der Waals surface area contributed by atoms with Gasteiger partial charge in [-0.05, 0) is 37.1 Å². The minimum atomic E-state index is -4.83. The van der Waals surface area contributed by atoms with E-state index in [0.29, 0.717) is 18.6 Å². The van der Waals surface area contributed by atoms with Gasteiger partial charge in [-0.15, -0.1) is 0 Å². The quantitative estimate of drug-likeness (QED) is 0.504. The molecule has 1 aromatic heterocycles. The van der Waals surface area contributed by atoms with Crippen LogP contribution in [0.1, 0.15) is 18.9 Å². The topological polar surface area (TPSA) is 98.0 Å². The molecule has 0 saturated carbocycles. The molecule has 3 aromatic rings. The van der Waals surface area contributed by atoms with Gasteiger partial charge in [-0.2, -0.15) is 0 Å². The molecule has 0 aliphatic carbocycles. The minimum Gasteiger partial charge on any atom is -0.491 e. The van der Waals surface area contributed by atoms with Crippen LogP contribution in [0.3, 0.4) is 0 Å². The summed E-state index contributed by atoms with van der Waals surface area (Å²) in [6, 6.07) is 7.51. The van der Waals surface area contributed by atoms with Crippen molar-refractivity contribution < 1.29 is 28.0 Å². The Balaban J connectivity index is 2.34. The number of aryl methyl sites for hydroxylation is 1. The van der Waals surface area contributed by atoms with E-state index in [-0.39, 0.29) is 27.2 Å². The van der Waals surface area contributed by atoms with Crippen molar-refractivity contribution in [2.45, 2.75) is 27.0 Å². The summed E-state index contributed by atoms with van der Waals surface area (Å²) in [6.45, 7) is 3.38. The fraction of sp³-hybridized carbons (Fsp3) is 0.250. The Morgan fingerprint density at radius 3 is 2.57 bits per heavy atom. The van der Waals surface area contributed by atoms with E-state index < -0.39 is 25.8 Å². The van der Waals surface area contributed by atoms with Crippen molar-refractivity contribution in [3.63, 3.8) is 0 Å². The second kappa shape index (κ2) is 8.88. The molecule has 1 heterocycles. The second-order valence-electron chi connectivity index (χ2n) is 6.69. The van der Waals surface area contributed by atoms with Crippen LogP contribution in [-0.4, -0.2) is 21.0 Å². The Bertz CT molecular complexity index is 1210. The van der Waals surface area contributed by atoms with Crippen molar-refractivity contribution >= 4 is 30.3 Å². The van der Waals surface area contributed by atoms with Crippen LogP contribution in [0.2, 0.25) is 5.02 Å². The van der Waals surface area contributed by atoms with Gasteiger partial charge in [0.2, 0.25) is 0 Å². The summed E-state index contributed by atoms with van der Waals surface area (Å²) in [5.74, 6) is -0.602. The molecular weight excluding hydrogens is 436 g/mol. The highest BCUT2D eigenvalue weighted by Crippen LogP contribution is 2.38. The van der Waals surface area contributed by atoms with Crippen molar-refractivity contribution in [1.82, 2.24) is 4.57 Å². The summed E-state index contributed by atoms with van der Waals surface area (Å²) in [4.78, 5) is 31.4. The van der Waals surface area contributed by atoms with Crippen LogP contribution in [0.15, 0.2) is 41.3 Å². The van der Waals surface area contributed by atoms with Gasteiger partial charge in [0.15, 0.2) is 5.43 Å². The highest BCUT2D eigenvalue weighted by atomic mass is 35.5. The third-order valence-electron chi connectivity index (χ3n) is 4.38. The van der Waals surface area contributed by atoms with Gasteiger partial charge in [-0.1, -0.05) is 30.7 Å². The highest BCUT2D eigenvalue weighted by molar-refractivity contribution is 7.46. The number of pyridine rings is 1. The predicted octanol–water partition coefficient (Wildman–Crippen LogP) is 4.63. The number of halogens is 2. The predicted molar refractivity (Wildman–Crippen MR) is 112 cm³/mol. The second-order valence-corrected chi connectivity index (χ2v) is 8.34. The van der Waals surface area contributed by atoms with Crippen LogP contribution in [-0.2, 0) is 15.8 Å². The molecule has 10 heteroatoms. The van der Waals surface area contributed by atoms with Crippen LogP contribution in [0.4, 0.5) is 4.39 Å². The molecule has 0 radical (unpaired) electrons. The van der Waals surface area contributed by atoms with Gasteiger partial charge in [0, 0.05) is 22.3 Å². The van der Waals surface area contributed by atoms with Gasteiger partial charge in [-0.25, -0.2) is 8.96 Å². The molecule has 0 amide bonds. The normalized spacial score (nSPS) is 11.8. The lowest BCUT2D eigenvalue weighted by Crippen LogP contribution is -2.16. The number of nitrogens with zero attached hydrogens (tertiary/aromatic N) is 1. The lowest BCUT2D eigenvalue weighted by atomic mass is 10.0. The summed E-state index contributed by atoms with van der Waals surface area (Å²) in [5, 5.41) is -0.000223. The van der Waals surface area contributed by atoms with E-state index in [4.69, 9.17) is 26.1 Å². The molecule has 2 N–H and O–H groups in total. The molecule has 3 rings (SSSR count). The largest absolute Gasteiger partial charge is 0.491 e. The summed E-state index contributed by atoms with van der Waals surface area (Å²) in [5.41, 5.74) is 0.708. The molecular formula is C20H20ClFNO6P. The Morgan fingerprint density at radius 2 is 1.93 bits per heavy atom. The standard InChI is InChI=1S/C20H20ClFNO6P/c1-3-8-28-17-7-6-16(22)18-19(17)23(11-29-30(25,26)27)10-14(20(18)24)13-5-4-12(2)9-15(13)21/h4-7,9-10H,3,8,11H2,1-2H3,(H2,25,26,27). The molecule has 0 aliphatic heterocycles. The first-order valence-corrected chi connectivity index (χ1v) is 11.0. The minimum absolute atomic E-state index is 0.0360. The molecule has 0 saturated heterocycles. The molecule has 0 atom stereocenters. The van der Waals surface area contributed by atoms with Crippen molar-refractivity contribution in [1.29, 1.82) is 0 Å². The van der Waals surface area contributed by atoms with Crippen LogP contribution in [0.25, 0.3) is 22.0 Å². The maximum atomic E-state index is 14.8. The smallest absolute Gasteiger partial charge is 0.471 e. The van der Waals surface area contributed by atoms with Crippen LogP contribution in [0.5, 0.6) is 5.75 Å². The molecule has 0 bridgehead atoms. The summed E-state index contributed by atoms with van der Waals surface area (Å²) >= 11 is 6.31. The maximum Gasteiger partial charge on any atom is 0.471 e. The van der Waals surface area contributed by atoms with E-state index in [0.717, 1.165) is 11.6 Å². The summed E-state index contributed by atoms with van der Waals surface area (Å²) < 4.78 is 37.5. The lowest BCUT2D eigenvalue weighted by molar-refractivity contribution is 0.155. The number of phosphoric ester groups is 1. The zero-order chi connectivity index (χ0) is 22.1. The van der Waals surface area contributed by atoms with E-state index in [1.165, 1.54) is 16.8 Å². The Kier molecular flexibility index (Phi) is 6.65. The maximum absolute atomic E-state index is 14.8. The Labute approximate surface area is 176 Å². The fourth-order valence-electron chi connectivity index (χ4n) is 3.06. The molecule has 0 aliphatic rings. The Morgan fingerprint density at radius 1 is 1.20 bits per heavy atom. The monoisotopic (exact) mass is 455 g/mol. The van der Waals surface area contributed by atoms with Gasteiger partial charge in [-0.3, -0.25) is 9.32 Å². The summed E-state index contributed by atoms with van der Waals surface area (Å²) in [6.07, 6.45) is 1.99. The van der Waals surface area contributed by atoms with Crippen molar-refractivity contribution in [3.8, 4) is 16.9 Å². The molecule has 0 fully saturated rings. The van der Waals surface area contributed by atoms with Crippen molar-refractivity contribution in [2.75, 3.05) is 6.61 Å². The number of fused-ring (bicyclic) bond motifs is 1. The number of rotatable bonds is 7. The van der Waals surface area contributed by atoms with E-state index >= 15 is 0 Å². The number of aromatic nitrogens is 1. The third-order valence-corrected chi connectivity index (χ3v) is 5.14. The molecule has 0 unspecified atom stereocenters. The van der Waals surface area contributed by atoms with E-state index in [1.54, 1.807) is 18.2 Å². The zero-order valence-corrected chi connectivity index (χ0v) is 17.9. The average molecular weight is 456 g/mol.